The molecule has 0 spiro atoms. The number of carboxylic acids is 1. The Morgan fingerprint density at radius 3 is 2.33 bits per heavy atom. The molecule has 0 aromatic rings. The monoisotopic (exact) mass is 168 g/mol. The van der Waals surface area contributed by atoms with E-state index >= 15 is 0 Å². The summed E-state index contributed by atoms with van der Waals surface area (Å²) in [6.45, 7) is 0. The van der Waals surface area contributed by atoms with Gasteiger partial charge in [-0.15, -0.1) is 0 Å². The predicted octanol–water partition coefficient (Wildman–Crippen LogP) is 2.74. The number of carbonyl (C=O) groups is 1. The Morgan fingerprint density at radius 2 is 1.83 bits per heavy atom. The summed E-state index contributed by atoms with van der Waals surface area (Å²) in [5.74, 6) is -0.716. The first-order chi connectivity index (χ1) is 5.79. The Bertz CT molecular complexity index is 172. The van der Waals surface area contributed by atoms with E-state index in [1.54, 1.807) is 0 Å². The van der Waals surface area contributed by atoms with Crippen LogP contribution in [0.5, 0.6) is 0 Å². The van der Waals surface area contributed by atoms with Gasteiger partial charge in [-0.2, -0.15) is 0 Å². The normalized spacial score (nSPS) is 18.5. The molecule has 0 bridgehead atoms. The summed E-state index contributed by atoms with van der Waals surface area (Å²) in [6.07, 6.45) is 9.44. The molecule has 0 amide bonds. The van der Waals surface area contributed by atoms with Gasteiger partial charge in [-0.1, -0.05) is 24.5 Å². The van der Waals surface area contributed by atoms with Crippen LogP contribution in [0, 0.1) is 0 Å². The second-order valence-electron chi connectivity index (χ2n) is 3.37. The standard InChI is InChI=1S/C10H16O2/c11-10(12)8-7-9-5-3-1-2-4-6-9/h7H,1-6,8H2,(H,11,12). The number of carboxylic acid groups (broad SMARTS) is 1. The summed E-state index contributed by atoms with van der Waals surface area (Å²) in [5.41, 5.74) is 1.36. The summed E-state index contributed by atoms with van der Waals surface area (Å²) >= 11 is 0. The number of hydrogen-bond donors (Lipinski definition) is 1. The maximum Gasteiger partial charge on any atom is 0.307 e. The van der Waals surface area contributed by atoms with Gasteiger partial charge in [0.05, 0.1) is 6.42 Å². The Balaban J connectivity index is 2.37. The fraction of sp³-hybridized carbons (Fsp3) is 0.700. The molecule has 1 saturated carbocycles. The van der Waals surface area contributed by atoms with E-state index in [1.807, 2.05) is 6.08 Å². The minimum absolute atomic E-state index is 0.204. The van der Waals surface area contributed by atoms with Crippen molar-refractivity contribution in [3.63, 3.8) is 0 Å². The molecule has 1 N–H and O–H groups in total. The highest BCUT2D eigenvalue weighted by molar-refractivity contribution is 5.68. The van der Waals surface area contributed by atoms with Crippen LogP contribution >= 0.6 is 0 Å². The average Bonchev–Trinajstić information content (AvgIpc) is 2.28. The fourth-order valence-electron chi connectivity index (χ4n) is 1.62. The minimum Gasteiger partial charge on any atom is -0.481 e. The Morgan fingerprint density at radius 1 is 1.25 bits per heavy atom. The molecule has 0 unspecified atom stereocenters. The van der Waals surface area contributed by atoms with Crippen molar-refractivity contribution in [3.8, 4) is 0 Å². The van der Waals surface area contributed by atoms with Crippen LogP contribution in [0.4, 0.5) is 0 Å². The molecule has 12 heavy (non-hydrogen) atoms. The molecule has 1 fully saturated rings. The van der Waals surface area contributed by atoms with Crippen LogP contribution in [0.15, 0.2) is 11.6 Å². The highest BCUT2D eigenvalue weighted by Crippen LogP contribution is 2.22. The zero-order valence-corrected chi connectivity index (χ0v) is 7.38. The van der Waals surface area contributed by atoms with Crippen molar-refractivity contribution in [1.82, 2.24) is 0 Å². The van der Waals surface area contributed by atoms with Crippen molar-refractivity contribution in [2.24, 2.45) is 0 Å². The molecule has 0 aromatic heterocycles. The van der Waals surface area contributed by atoms with Gasteiger partial charge >= 0.3 is 5.97 Å². The molecular weight excluding hydrogens is 152 g/mol. The van der Waals surface area contributed by atoms with Crippen LogP contribution in [0.2, 0.25) is 0 Å². The molecule has 0 radical (unpaired) electrons. The van der Waals surface area contributed by atoms with Crippen LogP contribution < -0.4 is 0 Å². The summed E-state index contributed by atoms with van der Waals surface area (Å²) in [6, 6.07) is 0. The van der Waals surface area contributed by atoms with Crippen molar-refractivity contribution in [3.05, 3.63) is 11.6 Å². The first-order valence-corrected chi connectivity index (χ1v) is 4.69. The highest BCUT2D eigenvalue weighted by Gasteiger charge is 2.04. The molecule has 0 saturated heterocycles. The quantitative estimate of drug-likeness (QED) is 0.508. The number of rotatable bonds is 2. The topological polar surface area (TPSA) is 37.3 Å². The first kappa shape index (κ1) is 9.30. The predicted molar refractivity (Wildman–Crippen MR) is 48.0 cm³/mol. The van der Waals surface area contributed by atoms with E-state index in [1.165, 1.54) is 31.3 Å². The van der Waals surface area contributed by atoms with Crippen molar-refractivity contribution in [2.45, 2.75) is 44.9 Å². The van der Waals surface area contributed by atoms with Crippen LogP contribution in [0.25, 0.3) is 0 Å². The summed E-state index contributed by atoms with van der Waals surface area (Å²) in [4.78, 5) is 10.3. The molecule has 68 valence electrons. The Hall–Kier alpha value is -0.790. The Kier molecular flexibility index (Phi) is 3.85. The summed E-state index contributed by atoms with van der Waals surface area (Å²) in [5, 5.41) is 8.47. The molecule has 2 heteroatoms. The van der Waals surface area contributed by atoms with Crippen molar-refractivity contribution in [1.29, 1.82) is 0 Å². The van der Waals surface area contributed by atoms with Gasteiger partial charge in [0.1, 0.15) is 0 Å². The third-order valence-electron chi connectivity index (χ3n) is 2.31. The van der Waals surface area contributed by atoms with E-state index in [0.717, 1.165) is 12.8 Å². The molecule has 0 atom stereocenters. The largest absolute Gasteiger partial charge is 0.481 e. The van der Waals surface area contributed by atoms with E-state index in [9.17, 15) is 4.79 Å². The second kappa shape index (κ2) is 4.96. The third-order valence-corrected chi connectivity index (χ3v) is 2.31. The van der Waals surface area contributed by atoms with E-state index in [2.05, 4.69) is 0 Å². The van der Waals surface area contributed by atoms with Crippen molar-refractivity contribution < 1.29 is 9.90 Å². The lowest BCUT2D eigenvalue weighted by Gasteiger charge is -1.99. The average molecular weight is 168 g/mol. The number of aliphatic carboxylic acids is 1. The van der Waals surface area contributed by atoms with Gasteiger partial charge in [-0.25, -0.2) is 0 Å². The maximum absolute atomic E-state index is 10.3. The lowest BCUT2D eigenvalue weighted by Crippen LogP contribution is -1.92. The van der Waals surface area contributed by atoms with Crippen molar-refractivity contribution in [2.75, 3.05) is 0 Å². The van der Waals surface area contributed by atoms with Gasteiger partial charge < -0.3 is 5.11 Å². The maximum atomic E-state index is 10.3. The third kappa shape index (κ3) is 3.56. The first-order valence-electron chi connectivity index (χ1n) is 4.69. The SMILES string of the molecule is O=C(O)CC=C1CCCCCC1. The van der Waals surface area contributed by atoms with Crippen LogP contribution in [-0.2, 0) is 4.79 Å². The van der Waals surface area contributed by atoms with E-state index < -0.39 is 5.97 Å². The molecule has 0 heterocycles. The van der Waals surface area contributed by atoms with Crippen molar-refractivity contribution >= 4 is 5.97 Å². The molecule has 2 nitrogen and oxygen atoms in total. The van der Waals surface area contributed by atoms with E-state index in [4.69, 9.17) is 5.11 Å². The van der Waals surface area contributed by atoms with Crippen LogP contribution in [-0.4, -0.2) is 11.1 Å². The molecule has 0 aromatic carbocycles. The van der Waals surface area contributed by atoms with E-state index in [-0.39, 0.29) is 6.42 Å². The van der Waals surface area contributed by atoms with Gasteiger partial charge in [0.25, 0.3) is 0 Å². The molecule has 1 aliphatic rings. The molecular formula is C10H16O2. The van der Waals surface area contributed by atoms with Crippen LogP contribution in [0.3, 0.4) is 0 Å². The number of allylic oxidation sites excluding steroid dienone is 1. The summed E-state index contributed by atoms with van der Waals surface area (Å²) in [7, 11) is 0. The summed E-state index contributed by atoms with van der Waals surface area (Å²) < 4.78 is 0. The fourth-order valence-corrected chi connectivity index (χ4v) is 1.62. The number of hydrogen-bond acceptors (Lipinski definition) is 1. The van der Waals surface area contributed by atoms with E-state index in [0.29, 0.717) is 0 Å². The lowest BCUT2D eigenvalue weighted by molar-refractivity contribution is -0.136. The molecule has 0 aliphatic heterocycles. The zero-order valence-electron chi connectivity index (χ0n) is 7.38. The Labute approximate surface area is 73.3 Å². The van der Waals surface area contributed by atoms with Gasteiger partial charge in [-0.3, -0.25) is 4.79 Å². The lowest BCUT2D eigenvalue weighted by atomic mass is 10.1. The molecule has 1 rings (SSSR count). The zero-order chi connectivity index (χ0) is 8.81. The highest BCUT2D eigenvalue weighted by atomic mass is 16.4. The minimum atomic E-state index is -0.716. The smallest absolute Gasteiger partial charge is 0.307 e. The van der Waals surface area contributed by atoms with Gasteiger partial charge in [0.15, 0.2) is 0 Å². The van der Waals surface area contributed by atoms with Crippen LogP contribution in [0.1, 0.15) is 44.9 Å². The van der Waals surface area contributed by atoms with Gasteiger partial charge in [0.2, 0.25) is 0 Å². The van der Waals surface area contributed by atoms with Gasteiger partial charge in [-0.05, 0) is 25.7 Å². The molecule has 1 aliphatic carbocycles. The second-order valence-corrected chi connectivity index (χ2v) is 3.37. The van der Waals surface area contributed by atoms with Gasteiger partial charge in [0, 0.05) is 0 Å².